The second-order valence-corrected chi connectivity index (χ2v) is 6.50. The molecule has 4 heterocycles. The highest BCUT2D eigenvalue weighted by Crippen LogP contribution is 2.28. The molecule has 154 valence electrons. The van der Waals surface area contributed by atoms with E-state index >= 15 is 0 Å². The van der Waals surface area contributed by atoms with Crippen molar-refractivity contribution in [3.8, 4) is 5.82 Å². The molecule has 0 unspecified atom stereocenters. The number of imidazole rings is 1. The van der Waals surface area contributed by atoms with Crippen molar-refractivity contribution < 1.29 is 13.9 Å². The first-order chi connectivity index (χ1) is 14.5. The number of ether oxygens (including phenoxy) is 1. The summed E-state index contributed by atoms with van der Waals surface area (Å²) in [7, 11) is 1.49. The highest BCUT2D eigenvalue weighted by Gasteiger charge is 2.20. The lowest BCUT2D eigenvalue weighted by molar-refractivity contribution is 0.120. The molecule has 0 aliphatic carbocycles. The van der Waals surface area contributed by atoms with Gasteiger partial charge in [0.2, 0.25) is 5.95 Å². The molecule has 2 amide bonds. The number of rotatable bonds is 5. The number of carbonyl (C=O) groups is 1. The summed E-state index contributed by atoms with van der Waals surface area (Å²) in [6.45, 7) is 1.75. The van der Waals surface area contributed by atoms with Crippen LogP contribution in [0.25, 0.3) is 11.5 Å². The van der Waals surface area contributed by atoms with E-state index < -0.39 is 18.1 Å². The number of anilines is 2. The fourth-order valence-electron chi connectivity index (χ4n) is 2.80. The predicted octanol–water partition coefficient (Wildman–Crippen LogP) is 2.85. The number of urea groups is 1. The molecule has 0 bridgehead atoms. The number of methoxy groups -OCH3 is 1. The molecule has 4 rings (SSSR count). The van der Waals surface area contributed by atoms with E-state index in [0.717, 1.165) is 10.7 Å². The molecule has 0 aliphatic heterocycles. The van der Waals surface area contributed by atoms with Crippen LogP contribution in [0.5, 0.6) is 0 Å². The zero-order valence-electron chi connectivity index (χ0n) is 15.7. The first kappa shape index (κ1) is 19.7. The second-order valence-electron chi connectivity index (χ2n) is 6.09. The summed E-state index contributed by atoms with van der Waals surface area (Å²) >= 11 is 6.21. The van der Waals surface area contributed by atoms with Crippen LogP contribution in [0, 0.1) is 5.95 Å². The number of aromatic nitrogens is 7. The smallest absolute Gasteiger partial charge is 0.323 e. The minimum atomic E-state index is -0.627. The molecular weight excluding hydrogens is 417 g/mol. The minimum absolute atomic E-state index is 0.237. The molecule has 0 fully saturated rings. The normalized spacial score (nSPS) is 12.1. The van der Waals surface area contributed by atoms with Gasteiger partial charge < -0.3 is 15.4 Å². The monoisotopic (exact) mass is 431 g/mol. The van der Waals surface area contributed by atoms with Crippen LogP contribution in [0.15, 0.2) is 37.1 Å². The summed E-state index contributed by atoms with van der Waals surface area (Å²) in [5.41, 5.74) is 1.37. The Balaban J connectivity index is 1.57. The summed E-state index contributed by atoms with van der Waals surface area (Å²) < 4.78 is 20.2. The maximum atomic E-state index is 13.8. The van der Waals surface area contributed by atoms with Crippen molar-refractivity contribution in [2.75, 3.05) is 17.7 Å². The van der Waals surface area contributed by atoms with Crippen LogP contribution in [0.3, 0.4) is 0 Å². The fraction of sp³-hybridized carbons (Fsp3) is 0.176. The largest absolute Gasteiger partial charge is 0.377 e. The molecule has 11 nitrogen and oxygen atoms in total. The molecule has 30 heavy (non-hydrogen) atoms. The van der Waals surface area contributed by atoms with Crippen LogP contribution in [0.1, 0.15) is 18.6 Å². The Bertz CT molecular complexity index is 1210. The topological polar surface area (TPSA) is 124 Å². The highest BCUT2D eigenvalue weighted by atomic mass is 35.5. The van der Waals surface area contributed by atoms with E-state index in [4.69, 9.17) is 16.3 Å². The molecule has 2 N–H and O–H groups in total. The number of hydrogen-bond acceptors (Lipinski definition) is 7. The summed E-state index contributed by atoms with van der Waals surface area (Å²) in [6, 6.07) is 0.928. The maximum Gasteiger partial charge on any atom is 0.323 e. The number of nitrogens with one attached hydrogen (secondary N) is 2. The number of amides is 2. The molecule has 0 saturated heterocycles. The summed E-state index contributed by atoms with van der Waals surface area (Å²) in [6.07, 6.45) is 6.28. The van der Waals surface area contributed by atoms with E-state index in [9.17, 15) is 9.18 Å². The van der Waals surface area contributed by atoms with Crippen LogP contribution in [-0.4, -0.2) is 47.7 Å². The molecule has 0 spiro atoms. The quantitative estimate of drug-likeness (QED) is 0.497. The van der Waals surface area contributed by atoms with Gasteiger partial charge in [-0.3, -0.25) is 0 Å². The van der Waals surface area contributed by atoms with E-state index in [1.165, 1.54) is 42.8 Å². The number of carbonyl (C=O) groups excluding carboxylic acids is 1. The number of halogens is 2. The SMILES string of the molecule is CO[C@H](C)c1c(NC(=O)Nc2cnc(-n3nccn3)c(Cl)c2)cnn2c(F)cnc12. The minimum Gasteiger partial charge on any atom is -0.377 e. The van der Waals surface area contributed by atoms with Gasteiger partial charge in [-0.2, -0.15) is 24.2 Å². The van der Waals surface area contributed by atoms with Crippen molar-refractivity contribution >= 4 is 34.7 Å². The standard InChI is InChI=1S/C17H15ClFN9O2/c1-9(30-2)14-12(7-24-27-13(19)8-21-16(14)27)26-17(29)25-10-5-11(18)15(20-6-10)28-22-3-4-23-28/h3-9H,1-2H3,(H2,25,26,29)/t9-/m1/s1. The number of hydrogen-bond donors (Lipinski definition) is 2. The van der Waals surface area contributed by atoms with Gasteiger partial charge in [0, 0.05) is 7.11 Å². The van der Waals surface area contributed by atoms with Gasteiger partial charge in [0.25, 0.3) is 0 Å². The molecule has 0 aromatic carbocycles. The summed E-state index contributed by atoms with van der Waals surface area (Å²) in [5, 5.41) is 17.4. The average Bonchev–Trinajstić information content (AvgIpc) is 3.38. The van der Waals surface area contributed by atoms with Gasteiger partial charge in [-0.25, -0.2) is 14.8 Å². The Morgan fingerprint density at radius 1 is 1.17 bits per heavy atom. The zero-order valence-corrected chi connectivity index (χ0v) is 16.5. The molecule has 13 heteroatoms. The van der Waals surface area contributed by atoms with Gasteiger partial charge in [-0.05, 0) is 13.0 Å². The lowest BCUT2D eigenvalue weighted by Crippen LogP contribution is -2.22. The van der Waals surface area contributed by atoms with Crippen molar-refractivity contribution in [1.82, 2.24) is 34.6 Å². The van der Waals surface area contributed by atoms with Crippen molar-refractivity contribution in [2.45, 2.75) is 13.0 Å². The van der Waals surface area contributed by atoms with Crippen LogP contribution >= 0.6 is 11.6 Å². The highest BCUT2D eigenvalue weighted by molar-refractivity contribution is 6.32. The van der Waals surface area contributed by atoms with E-state index in [2.05, 4.69) is 35.9 Å². The lowest BCUT2D eigenvalue weighted by Gasteiger charge is -2.16. The Kier molecular flexibility index (Phi) is 5.25. The Labute approximate surface area is 173 Å². The van der Waals surface area contributed by atoms with E-state index in [1.54, 1.807) is 6.92 Å². The summed E-state index contributed by atoms with van der Waals surface area (Å²) in [5.74, 6) is -0.308. The third-order valence-electron chi connectivity index (χ3n) is 4.23. The van der Waals surface area contributed by atoms with E-state index in [0.29, 0.717) is 22.8 Å². The molecule has 4 aromatic heterocycles. The number of pyridine rings is 1. The number of fused-ring (bicyclic) bond motifs is 1. The molecule has 4 aromatic rings. The average molecular weight is 432 g/mol. The van der Waals surface area contributed by atoms with Crippen molar-refractivity contribution in [2.24, 2.45) is 0 Å². The molecule has 0 radical (unpaired) electrons. The predicted molar refractivity (Wildman–Crippen MR) is 105 cm³/mol. The van der Waals surface area contributed by atoms with E-state index in [-0.39, 0.29) is 10.7 Å². The van der Waals surface area contributed by atoms with Gasteiger partial charge in [0.1, 0.15) is 0 Å². The van der Waals surface area contributed by atoms with Crippen molar-refractivity contribution in [3.63, 3.8) is 0 Å². The Morgan fingerprint density at radius 3 is 2.63 bits per heavy atom. The van der Waals surface area contributed by atoms with Crippen LogP contribution in [0.4, 0.5) is 20.6 Å². The Hall–Kier alpha value is -3.64. The number of nitrogens with zero attached hydrogens (tertiary/aromatic N) is 7. The first-order valence-corrected chi connectivity index (χ1v) is 9.01. The third-order valence-corrected chi connectivity index (χ3v) is 4.50. The second kappa shape index (κ2) is 8.00. The molecular formula is C17H15ClFN9O2. The van der Waals surface area contributed by atoms with Gasteiger partial charge >= 0.3 is 6.03 Å². The molecule has 0 saturated carbocycles. The van der Waals surface area contributed by atoms with Crippen LogP contribution in [-0.2, 0) is 4.74 Å². The Morgan fingerprint density at radius 2 is 1.93 bits per heavy atom. The van der Waals surface area contributed by atoms with Gasteiger partial charge in [0.15, 0.2) is 11.5 Å². The third kappa shape index (κ3) is 3.65. The van der Waals surface area contributed by atoms with Gasteiger partial charge in [-0.15, -0.1) is 4.80 Å². The molecule has 1 atom stereocenters. The fourth-order valence-corrected chi connectivity index (χ4v) is 3.04. The summed E-state index contributed by atoms with van der Waals surface area (Å²) in [4.78, 5) is 22.0. The van der Waals surface area contributed by atoms with Crippen LogP contribution < -0.4 is 10.6 Å². The maximum absolute atomic E-state index is 13.8. The van der Waals surface area contributed by atoms with Crippen LogP contribution in [0.2, 0.25) is 5.02 Å². The zero-order chi connectivity index (χ0) is 21.3. The van der Waals surface area contributed by atoms with Gasteiger partial charge in [-0.1, -0.05) is 11.6 Å². The van der Waals surface area contributed by atoms with E-state index in [1.807, 2.05) is 0 Å². The first-order valence-electron chi connectivity index (χ1n) is 8.63. The molecule has 0 aliphatic rings. The van der Waals surface area contributed by atoms with Gasteiger partial charge in [0.05, 0.1) is 59.0 Å². The van der Waals surface area contributed by atoms with Crippen molar-refractivity contribution in [3.05, 3.63) is 53.6 Å². The lowest BCUT2D eigenvalue weighted by atomic mass is 10.1. The van der Waals surface area contributed by atoms with Crippen molar-refractivity contribution in [1.29, 1.82) is 0 Å².